The van der Waals surface area contributed by atoms with Crippen LogP contribution in [0.15, 0.2) is 65.7 Å². The van der Waals surface area contributed by atoms with Gasteiger partial charge in [0, 0.05) is 6.21 Å². The van der Waals surface area contributed by atoms with Gasteiger partial charge in [0.15, 0.2) is 0 Å². The highest BCUT2D eigenvalue weighted by Crippen LogP contribution is 2.17. The van der Waals surface area contributed by atoms with Crippen molar-refractivity contribution < 1.29 is 0 Å². The standard InChI is InChI=1S/C15H17N/c1-5-14(6-2)13(4)11-16-15-10-8-7-9-12(15)3/h5-11H,1,4H2,2-3H3/b14-6+,16-11?. The zero-order valence-corrected chi connectivity index (χ0v) is 9.90. The van der Waals surface area contributed by atoms with Crippen molar-refractivity contribution in [1.29, 1.82) is 0 Å². The maximum atomic E-state index is 4.41. The molecule has 0 N–H and O–H groups in total. The molecule has 0 atom stereocenters. The summed E-state index contributed by atoms with van der Waals surface area (Å²) in [5.74, 6) is 0. The van der Waals surface area contributed by atoms with Crippen molar-refractivity contribution in [3.05, 3.63) is 66.3 Å². The van der Waals surface area contributed by atoms with E-state index >= 15 is 0 Å². The van der Waals surface area contributed by atoms with Crippen LogP contribution in [-0.2, 0) is 0 Å². The molecule has 0 aliphatic rings. The van der Waals surface area contributed by atoms with E-state index in [1.165, 1.54) is 0 Å². The van der Waals surface area contributed by atoms with Crippen LogP contribution in [-0.4, -0.2) is 6.21 Å². The van der Waals surface area contributed by atoms with Crippen molar-refractivity contribution in [2.45, 2.75) is 13.8 Å². The minimum Gasteiger partial charge on any atom is -0.256 e. The Hall–Kier alpha value is -1.89. The highest BCUT2D eigenvalue weighted by Gasteiger charge is 1.95. The summed E-state index contributed by atoms with van der Waals surface area (Å²) in [5.41, 5.74) is 4.02. The Balaban J connectivity index is 2.86. The van der Waals surface area contributed by atoms with Gasteiger partial charge in [-0.15, -0.1) is 0 Å². The van der Waals surface area contributed by atoms with Crippen LogP contribution >= 0.6 is 0 Å². The summed E-state index contributed by atoms with van der Waals surface area (Å²) in [6.07, 6.45) is 5.53. The molecule has 0 saturated carbocycles. The molecule has 82 valence electrons. The number of allylic oxidation sites excluding steroid dienone is 4. The molecule has 0 heterocycles. The smallest absolute Gasteiger partial charge is 0.0659 e. The second kappa shape index (κ2) is 5.86. The third kappa shape index (κ3) is 3.06. The molecule has 0 aromatic heterocycles. The Labute approximate surface area is 97.5 Å². The van der Waals surface area contributed by atoms with Crippen molar-refractivity contribution >= 4 is 11.9 Å². The molecular formula is C15H17N. The van der Waals surface area contributed by atoms with E-state index in [1.54, 1.807) is 12.3 Å². The van der Waals surface area contributed by atoms with Gasteiger partial charge >= 0.3 is 0 Å². The maximum absolute atomic E-state index is 4.41. The molecule has 0 saturated heterocycles. The van der Waals surface area contributed by atoms with Crippen molar-refractivity contribution in [2.75, 3.05) is 0 Å². The fourth-order valence-corrected chi connectivity index (χ4v) is 1.36. The highest BCUT2D eigenvalue weighted by atomic mass is 14.7. The quantitative estimate of drug-likeness (QED) is 0.517. The number of nitrogens with zero attached hydrogens (tertiary/aromatic N) is 1. The monoisotopic (exact) mass is 211 g/mol. The van der Waals surface area contributed by atoms with Crippen LogP contribution in [0.25, 0.3) is 0 Å². The van der Waals surface area contributed by atoms with Gasteiger partial charge in [-0.1, -0.05) is 43.5 Å². The van der Waals surface area contributed by atoms with Gasteiger partial charge in [0.1, 0.15) is 0 Å². The third-order valence-electron chi connectivity index (χ3n) is 2.38. The van der Waals surface area contributed by atoms with E-state index in [0.29, 0.717) is 0 Å². The summed E-state index contributed by atoms with van der Waals surface area (Å²) in [7, 11) is 0. The number of aryl methyl sites for hydroxylation is 1. The molecule has 0 radical (unpaired) electrons. The minimum atomic E-state index is 0.876. The summed E-state index contributed by atoms with van der Waals surface area (Å²) >= 11 is 0. The fraction of sp³-hybridized carbons (Fsp3) is 0.133. The first kappa shape index (κ1) is 12.2. The van der Waals surface area contributed by atoms with Crippen LogP contribution in [0.3, 0.4) is 0 Å². The molecule has 0 fully saturated rings. The van der Waals surface area contributed by atoms with Crippen LogP contribution in [0.5, 0.6) is 0 Å². The first-order chi connectivity index (χ1) is 7.69. The van der Waals surface area contributed by atoms with E-state index in [9.17, 15) is 0 Å². The Kier molecular flexibility index (Phi) is 4.46. The number of rotatable bonds is 4. The van der Waals surface area contributed by atoms with Crippen molar-refractivity contribution in [3.8, 4) is 0 Å². The normalized spacial score (nSPS) is 11.8. The van der Waals surface area contributed by atoms with E-state index in [1.807, 2.05) is 44.2 Å². The van der Waals surface area contributed by atoms with Crippen molar-refractivity contribution in [3.63, 3.8) is 0 Å². The lowest BCUT2D eigenvalue weighted by Gasteiger charge is -2.01. The van der Waals surface area contributed by atoms with Gasteiger partial charge < -0.3 is 0 Å². The minimum absolute atomic E-state index is 0.876. The predicted octanol–water partition coefficient (Wildman–Crippen LogP) is 4.39. The summed E-state index contributed by atoms with van der Waals surface area (Å²) in [5, 5.41) is 0. The Morgan fingerprint density at radius 1 is 1.31 bits per heavy atom. The molecule has 0 bridgehead atoms. The molecule has 0 unspecified atom stereocenters. The molecule has 0 amide bonds. The van der Waals surface area contributed by atoms with E-state index in [0.717, 1.165) is 22.4 Å². The zero-order chi connectivity index (χ0) is 12.0. The van der Waals surface area contributed by atoms with Gasteiger partial charge in [-0.05, 0) is 36.6 Å². The lowest BCUT2D eigenvalue weighted by Crippen LogP contribution is -1.85. The first-order valence-corrected chi connectivity index (χ1v) is 5.26. The average molecular weight is 211 g/mol. The molecular weight excluding hydrogens is 194 g/mol. The summed E-state index contributed by atoms with van der Waals surface area (Å²) in [6, 6.07) is 8.01. The zero-order valence-electron chi connectivity index (χ0n) is 9.90. The van der Waals surface area contributed by atoms with Gasteiger partial charge in [-0.3, -0.25) is 4.99 Å². The number of hydrogen-bond donors (Lipinski definition) is 0. The first-order valence-electron chi connectivity index (χ1n) is 5.26. The van der Waals surface area contributed by atoms with Gasteiger partial charge in [0.25, 0.3) is 0 Å². The third-order valence-corrected chi connectivity index (χ3v) is 2.38. The van der Waals surface area contributed by atoms with E-state index < -0.39 is 0 Å². The number of hydrogen-bond acceptors (Lipinski definition) is 1. The molecule has 1 heteroatoms. The lowest BCUT2D eigenvalue weighted by atomic mass is 10.1. The molecule has 0 aliphatic heterocycles. The Morgan fingerprint density at radius 3 is 2.56 bits per heavy atom. The molecule has 1 nitrogen and oxygen atoms in total. The van der Waals surface area contributed by atoms with Gasteiger partial charge in [0.05, 0.1) is 5.69 Å². The summed E-state index contributed by atoms with van der Waals surface area (Å²) in [4.78, 5) is 4.41. The largest absolute Gasteiger partial charge is 0.256 e. The number of para-hydroxylation sites is 1. The second-order valence-corrected chi connectivity index (χ2v) is 3.52. The van der Waals surface area contributed by atoms with Crippen LogP contribution < -0.4 is 0 Å². The van der Waals surface area contributed by atoms with Crippen LogP contribution in [0, 0.1) is 6.92 Å². The van der Waals surface area contributed by atoms with E-state index in [4.69, 9.17) is 0 Å². The van der Waals surface area contributed by atoms with E-state index in [2.05, 4.69) is 18.2 Å². The maximum Gasteiger partial charge on any atom is 0.0659 e. The molecule has 1 aromatic carbocycles. The number of benzene rings is 1. The highest BCUT2D eigenvalue weighted by molar-refractivity contribution is 5.87. The second-order valence-electron chi connectivity index (χ2n) is 3.52. The molecule has 1 aromatic rings. The number of aliphatic imine (C=N–C) groups is 1. The predicted molar refractivity (Wildman–Crippen MR) is 72.4 cm³/mol. The topological polar surface area (TPSA) is 12.4 Å². The summed E-state index contributed by atoms with van der Waals surface area (Å²) < 4.78 is 0. The molecule has 1 rings (SSSR count). The Bertz CT molecular complexity index is 450. The fourth-order valence-electron chi connectivity index (χ4n) is 1.36. The van der Waals surface area contributed by atoms with Gasteiger partial charge in [-0.2, -0.15) is 0 Å². The van der Waals surface area contributed by atoms with Gasteiger partial charge in [0.2, 0.25) is 0 Å². The van der Waals surface area contributed by atoms with Crippen LogP contribution in [0.2, 0.25) is 0 Å². The lowest BCUT2D eigenvalue weighted by molar-refractivity contribution is 1.40. The SMILES string of the molecule is C=C/C(=C\C)C(=C)C=Nc1ccccc1C. The van der Waals surface area contributed by atoms with Crippen molar-refractivity contribution in [1.82, 2.24) is 0 Å². The molecule has 0 aliphatic carbocycles. The van der Waals surface area contributed by atoms with Gasteiger partial charge in [-0.25, -0.2) is 0 Å². The average Bonchev–Trinajstić information content (AvgIpc) is 2.29. The van der Waals surface area contributed by atoms with Crippen LogP contribution in [0.1, 0.15) is 12.5 Å². The van der Waals surface area contributed by atoms with E-state index in [-0.39, 0.29) is 0 Å². The van der Waals surface area contributed by atoms with Crippen LogP contribution in [0.4, 0.5) is 5.69 Å². The summed E-state index contributed by atoms with van der Waals surface area (Å²) in [6.45, 7) is 11.7. The molecule has 0 spiro atoms. The Morgan fingerprint density at radius 2 is 2.00 bits per heavy atom. The van der Waals surface area contributed by atoms with Crippen molar-refractivity contribution in [2.24, 2.45) is 4.99 Å². The molecule has 16 heavy (non-hydrogen) atoms.